The van der Waals surface area contributed by atoms with Gasteiger partial charge in [-0.15, -0.1) is 0 Å². The average Bonchev–Trinajstić information content (AvgIpc) is 2.50. The monoisotopic (exact) mass is 290 g/mol. The standard InChI is InChI=1S/C17H30N4/c1-5-6-13-20(3)14-12-19-17(18-2)21(4)15-16-10-8-7-9-11-16/h7-11H,5-6,12-15H2,1-4H3,(H,18,19). The van der Waals surface area contributed by atoms with Crippen molar-refractivity contribution in [3.63, 3.8) is 0 Å². The summed E-state index contributed by atoms with van der Waals surface area (Å²) in [7, 11) is 6.08. The molecule has 0 amide bonds. The third-order valence-electron chi connectivity index (χ3n) is 3.51. The van der Waals surface area contributed by atoms with Gasteiger partial charge in [0.25, 0.3) is 0 Å². The van der Waals surface area contributed by atoms with Crippen molar-refractivity contribution >= 4 is 5.96 Å². The summed E-state index contributed by atoms with van der Waals surface area (Å²) in [5, 5.41) is 3.43. The molecule has 0 bridgehead atoms. The summed E-state index contributed by atoms with van der Waals surface area (Å²) >= 11 is 0. The molecule has 1 rings (SSSR count). The Bertz CT molecular complexity index is 403. The van der Waals surface area contributed by atoms with Crippen molar-refractivity contribution in [3.05, 3.63) is 35.9 Å². The second-order valence-corrected chi connectivity index (χ2v) is 5.47. The summed E-state index contributed by atoms with van der Waals surface area (Å²) in [4.78, 5) is 8.87. The van der Waals surface area contributed by atoms with Crippen molar-refractivity contribution in [2.45, 2.75) is 26.3 Å². The molecule has 1 aromatic rings. The lowest BCUT2D eigenvalue weighted by Crippen LogP contribution is -2.41. The quantitative estimate of drug-likeness (QED) is 0.589. The van der Waals surface area contributed by atoms with Gasteiger partial charge in [0.15, 0.2) is 5.96 Å². The number of rotatable bonds is 8. The van der Waals surface area contributed by atoms with Crippen LogP contribution in [0.1, 0.15) is 25.3 Å². The predicted molar refractivity (Wildman–Crippen MR) is 91.7 cm³/mol. The number of nitrogens with one attached hydrogen (secondary N) is 1. The highest BCUT2D eigenvalue weighted by Crippen LogP contribution is 2.02. The summed E-state index contributed by atoms with van der Waals surface area (Å²) in [5.74, 6) is 0.947. The average molecular weight is 290 g/mol. The summed E-state index contributed by atoms with van der Waals surface area (Å²) in [6, 6.07) is 10.5. The molecule has 0 spiro atoms. The Morgan fingerprint density at radius 2 is 1.86 bits per heavy atom. The maximum absolute atomic E-state index is 4.36. The third kappa shape index (κ3) is 7.14. The topological polar surface area (TPSA) is 30.9 Å². The Hall–Kier alpha value is -1.55. The fraction of sp³-hybridized carbons (Fsp3) is 0.588. The number of hydrogen-bond acceptors (Lipinski definition) is 2. The Morgan fingerprint density at radius 1 is 1.14 bits per heavy atom. The molecule has 0 fully saturated rings. The van der Waals surface area contributed by atoms with E-state index >= 15 is 0 Å². The van der Waals surface area contributed by atoms with Crippen LogP contribution in [0.3, 0.4) is 0 Å². The van der Waals surface area contributed by atoms with Gasteiger partial charge in [-0.3, -0.25) is 4.99 Å². The van der Waals surface area contributed by atoms with Crippen LogP contribution in [0.15, 0.2) is 35.3 Å². The fourth-order valence-corrected chi connectivity index (χ4v) is 2.22. The van der Waals surface area contributed by atoms with Gasteiger partial charge in [-0.05, 0) is 25.6 Å². The minimum absolute atomic E-state index is 0.867. The van der Waals surface area contributed by atoms with Crippen LogP contribution in [0.5, 0.6) is 0 Å². The van der Waals surface area contributed by atoms with E-state index in [2.05, 4.69) is 65.4 Å². The van der Waals surface area contributed by atoms with Gasteiger partial charge >= 0.3 is 0 Å². The second-order valence-electron chi connectivity index (χ2n) is 5.47. The van der Waals surface area contributed by atoms with Crippen molar-refractivity contribution in [1.29, 1.82) is 0 Å². The first kappa shape index (κ1) is 17.5. The van der Waals surface area contributed by atoms with E-state index in [9.17, 15) is 0 Å². The molecule has 0 heterocycles. The van der Waals surface area contributed by atoms with E-state index in [1.54, 1.807) is 0 Å². The summed E-state index contributed by atoms with van der Waals surface area (Å²) in [6.45, 7) is 6.22. The Labute approximate surface area is 129 Å². The molecule has 1 N–H and O–H groups in total. The van der Waals surface area contributed by atoms with Gasteiger partial charge in [-0.1, -0.05) is 43.7 Å². The first-order chi connectivity index (χ1) is 10.2. The first-order valence-electron chi connectivity index (χ1n) is 7.81. The van der Waals surface area contributed by atoms with Crippen LogP contribution in [0.2, 0.25) is 0 Å². The molecule has 118 valence electrons. The van der Waals surface area contributed by atoms with E-state index < -0.39 is 0 Å². The maximum atomic E-state index is 4.36. The smallest absolute Gasteiger partial charge is 0.193 e. The molecule has 0 aliphatic heterocycles. The largest absolute Gasteiger partial charge is 0.355 e. The van der Waals surface area contributed by atoms with Crippen LogP contribution in [-0.4, -0.2) is 56.5 Å². The molecule has 0 aromatic heterocycles. The molecular formula is C17H30N4. The lowest BCUT2D eigenvalue weighted by molar-refractivity contribution is 0.330. The molecule has 0 aliphatic rings. The van der Waals surface area contributed by atoms with Gasteiger partial charge < -0.3 is 15.1 Å². The van der Waals surface area contributed by atoms with Gasteiger partial charge in [0, 0.05) is 33.7 Å². The zero-order valence-electron chi connectivity index (χ0n) is 14.0. The van der Waals surface area contributed by atoms with Gasteiger partial charge in [0.2, 0.25) is 0 Å². The number of guanidine groups is 1. The highest BCUT2D eigenvalue weighted by Gasteiger charge is 2.06. The van der Waals surface area contributed by atoms with Crippen molar-refractivity contribution in [3.8, 4) is 0 Å². The molecule has 0 atom stereocenters. The van der Waals surface area contributed by atoms with Crippen molar-refractivity contribution in [2.24, 2.45) is 4.99 Å². The number of unbranched alkanes of at least 4 members (excludes halogenated alkanes) is 1. The SMILES string of the molecule is CCCCN(C)CCNC(=NC)N(C)Cc1ccccc1. The van der Waals surface area contributed by atoms with Crippen LogP contribution in [-0.2, 0) is 6.54 Å². The molecule has 4 nitrogen and oxygen atoms in total. The molecule has 0 saturated heterocycles. The number of aliphatic imine (C=N–C) groups is 1. The van der Waals surface area contributed by atoms with E-state index in [1.807, 2.05) is 13.1 Å². The van der Waals surface area contributed by atoms with Crippen LogP contribution < -0.4 is 5.32 Å². The normalized spacial score (nSPS) is 11.8. The Kier molecular flexibility index (Phi) is 8.51. The lowest BCUT2D eigenvalue weighted by atomic mass is 10.2. The van der Waals surface area contributed by atoms with Crippen LogP contribution in [0.25, 0.3) is 0 Å². The van der Waals surface area contributed by atoms with Gasteiger partial charge in [-0.25, -0.2) is 0 Å². The van der Waals surface area contributed by atoms with Gasteiger partial charge in [0.1, 0.15) is 0 Å². The van der Waals surface area contributed by atoms with E-state index in [0.717, 1.165) is 32.1 Å². The lowest BCUT2D eigenvalue weighted by Gasteiger charge is -2.23. The summed E-state index contributed by atoms with van der Waals surface area (Å²) < 4.78 is 0. The number of hydrogen-bond donors (Lipinski definition) is 1. The van der Waals surface area contributed by atoms with Crippen molar-refractivity contribution < 1.29 is 0 Å². The van der Waals surface area contributed by atoms with Crippen molar-refractivity contribution in [1.82, 2.24) is 15.1 Å². The fourth-order valence-electron chi connectivity index (χ4n) is 2.22. The van der Waals surface area contributed by atoms with Crippen LogP contribution in [0, 0.1) is 0 Å². The van der Waals surface area contributed by atoms with Crippen molar-refractivity contribution in [2.75, 3.05) is 40.8 Å². The minimum Gasteiger partial charge on any atom is -0.355 e. The highest BCUT2D eigenvalue weighted by molar-refractivity contribution is 5.79. The molecule has 0 saturated carbocycles. The summed E-state index contributed by atoms with van der Waals surface area (Å²) in [6.07, 6.45) is 2.51. The highest BCUT2D eigenvalue weighted by atomic mass is 15.3. The zero-order valence-corrected chi connectivity index (χ0v) is 14.0. The Morgan fingerprint density at radius 3 is 2.48 bits per heavy atom. The number of likely N-dealkylation sites (N-methyl/N-ethyl adjacent to an activating group) is 1. The third-order valence-corrected chi connectivity index (χ3v) is 3.51. The van der Waals surface area contributed by atoms with E-state index in [-0.39, 0.29) is 0 Å². The van der Waals surface area contributed by atoms with E-state index in [1.165, 1.54) is 18.4 Å². The molecule has 1 aromatic carbocycles. The minimum atomic E-state index is 0.867. The maximum Gasteiger partial charge on any atom is 0.193 e. The molecule has 0 aliphatic carbocycles. The van der Waals surface area contributed by atoms with Gasteiger partial charge in [-0.2, -0.15) is 0 Å². The van der Waals surface area contributed by atoms with Crippen LogP contribution in [0.4, 0.5) is 0 Å². The van der Waals surface area contributed by atoms with E-state index in [0.29, 0.717) is 0 Å². The molecular weight excluding hydrogens is 260 g/mol. The second kappa shape index (κ2) is 10.2. The zero-order chi connectivity index (χ0) is 15.5. The Balaban J connectivity index is 2.34. The molecule has 21 heavy (non-hydrogen) atoms. The van der Waals surface area contributed by atoms with Crippen LogP contribution >= 0.6 is 0 Å². The van der Waals surface area contributed by atoms with Gasteiger partial charge in [0.05, 0.1) is 0 Å². The predicted octanol–water partition coefficient (Wildman–Crippen LogP) is 2.43. The number of benzene rings is 1. The summed E-state index contributed by atoms with van der Waals surface area (Å²) in [5.41, 5.74) is 1.29. The molecule has 4 heteroatoms. The molecule has 0 unspecified atom stereocenters. The van der Waals surface area contributed by atoms with E-state index in [4.69, 9.17) is 0 Å². The number of nitrogens with zero attached hydrogens (tertiary/aromatic N) is 3. The first-order valence-corrected chi connectivity index (χ1v) is 7.81. The molecule has 0 radical (unpaired) electrons.